The van der Waals surface area contributed by atoms with Crippen LogP contribution < -0.4 is 18.9 Å². The summed E-state index contributed by atoms with van der Waals surface area (Å²) in [7, 11) is 0. The molecule has 0 fully saturated rings. The van der Waals surface area contributed by atoms with Crippen LogP contribution in [0.4, 0.5) is 0 Å². The molecule has 0 amide bonds. The Hall–Kier alpha value is -0.443. The normalized spacial score (nSPS) is 18.7. The molecule has 0 unspecified atom stereocenters. The monoisotopic (exact) mass is 248 g/mol. The maximum Gasteiger partial charge on any atom is 1.00 e. The largest absolute Gasteiger partial charge is 1.00 e. The summed E-state index contributed by atoms with van der Waals surface area (Å²) in [6.45, 7) is 11.6. The zero-order valence-electron chi connectivity index (χ0n) is 13.4. The molecule has 1 aromatic carbocycles. The van der Waals surface area contributed by atoms with E-state index in [4.69, 9.17) is 0 Å². The first-order valence-electron chi connectivity index (χ1n) is 7.14. The summed E-state index contributed by atoms with van der Waals surface area (Å²) in [5.41, 5.74) is 4.70. The van der Waals surface area contributed by atoms with Crippen molar-refractivity contribution >= 4 is 0 Å². The van der Waals surface area contributed by atoms with Gasteiger partial charge in [0.2, 0.25) is 0 Å². The fraction of sp³-hybridized carbons (Fsp3) is 0.556. The quantitative estimate of drug-likeness (QED) is 0.437. The van der Waals surface area contributed by atoms with Crippen LogP contribution in [0.5, 0.6) is 0 Å². The van der Waals surface area contributed by atoms with Gasteiger partial charge in [-0.25, -0.2) is 5.57 Å². The zero-order valence-corrected chi connectivity index (χ0v) is 13.4. The molecule has 1 aliphatic rings. The van der Waals surface area contributed by atoms with E-state index in [2.05, 4.69) is 65.0 Å². The Bertz CT molecular complexity index is 429. The smallest absolute Gasteiger partial charge is 0.495 e. The van der Waals surface area contributed by atoms with Gasteiger partial charge in [0.25, 0.3) is 0 Å². The van der Waals surface area contributed by atoms with E-state index in [9.17, 15) is 0 Å². The van der Waals surface area contributed by atoms with E-state index in [0.717, 1.165) is 6.42 Å². The van der Waals surface area contributed by atoms with Crippen molar-refractivity contribution in [2.75, 3.05) is 0 Å². The van der Waals surface area contributed by atoms with E-state index >= 15 is 0 Å². The van der Waals surface area contributed by atoms with Gasteiger partial charge in [0.05, 0.1) is 0 Å². The maximum atomic E-state index is 3.73. The maximum absolute atomic E-state index is 3.73. The van der Waals surface area contributed by atoms with Gasteiger partial charge in [0, 0.05) is 0 Å². The van der Waals surface area contributed by atoms with Gasteiger partial charge in [-0.2, -0.15) is 6.42 Å². The topological polar surface area (TPSA) is 0 Å². The summed E-state index contributed by atoms with van der Waals surface area (Å²) < 4.78 is 0. The average molecular weight is 248 g/mol. The second-order valence-corrected chi connectivity index (χ2v) is 6.45. The third-order valence-corrected chi connectivity index (χ3v) is 4.36. The first kappa shape index (κ1) is 16.6. The van der Waals surface area contributed by atoms with Gasteiger partial charge in [0.1, 0.15) is 0 Å². The van der Waals surface area contributed by atoms with Crippen LogP contribution in [-0.2, 0) is 10.8 Å². The summed E-state index contributed by atoms with van der Waals surface area (Å²) in [5.74, 6) is 0. The molecule has 0 N–H and O–H groups in total. The molecule has 1 aliphatic carbocycles. The molecule has 0 saturated heterocycles. The van der Waals surface area contributed by atoms with Crippen LogP contribution in [0, 0.1) is 6.08 Å². The number of benzene rings is 1. The van der Waals surface area contributed by atoms with Crippen LogP contribution >= 0.6 is 0 Å². The summed E-state index contributed by atoms with van der Waals surface area (Å²) >= 11 is 0. The molecule has 0 aliphatic heterocycles. The molecule has 1 heteroatoms. The summed E-state index contributed by atoms with van der Waals surface area (Å²) in [4.78, 5) is 0. The predicted octanol–water partition coefficient (Wildman–Crippen LogP) is 2.18. The molecule has 19 heavy (non-hydrogen) atoms. The molecule has 0 aromatic heterocycles. The van der Waals surface area contributed by atoms with E-state index in [1.54, 1.807) is 0 Å². The van der Waals surface area contributed by atoms with Gasteiger partial charge >= 0.3 is 18.9 Å². The van der Waals surface area contributed by atoms with E-state index in [1.807, 2.05) is 0 Å². The minimum atomic E-state index is 0. The third-order valence-electron chi connectivity index (χ3n) is 4.36. The van der Waals surface area contributed by atoms with Gasteiger partial charge in [0.15, 0.2) is 0 Å². The third kappa shape index (κ3) is 2.72. The Kier molecular flexibility index (Phi) is 5.16. The first-order chi connectivity index (χ1) is 8.42. The summed E-state index contributed by atoms with van der Waals surface area (Å²) in [6, 6.07) is 8.88. The van der Waals surface area contributed by atoms with Gasteiger partial charge in [-0.1, -0.05) is 71.7 Å². The van der Waals surface area contributed by atoms with Gasteiger partial charge < -0.3 is 6.08 Å². The average Bonchev–Trinajstić information content (AvgIpc) is 2.48. The van der Waals surface area contributed by atoms with Crippen molar-refractivity contribution in [3.63, 3.8) is 0 Å². The van der Waals surface area contributed by atoms with Gasteiger partial charge in [-0.15, -0.1) is 0 Å². The molecule has 0 radical (unpaired) electrons. The number of fused-ring (bicyclic) bond motifs is 1. The molecular formula is C18H25Li. The van der Waals surface area contributed by atoms with Crippen LogP contribution in [-0.4, -0.2) is 0 Å². The first-order valence-corrected chi connectivity index (χ1v) is 7.14. The van der Waals surface area contributed by atoms with E-state index in [-0.39, 0.29) is 29.7 Å². The van der Waals surface area contributed by atoms with Crippen molar-refractivity contribution in [2.45, 2.75) is 64.7 Å². The molecule has 0 bridgehead atoms. The number of hydrogen-bond donors (Lipinski definition) is 0. The Labute approximate surface area is 130 Å². The molecule has 0 saturated carbocycles. The van der Waals surface area contributed by atoms with Crippen molar-refractivity contribution in [2.24, 2.45) is 0 Å². The molecule has 98 valence electrons. The van der Waals surface area contributed by atoms with E-state index in [0.29, 0.717) is 0 Å². The molecule has 0 atom stereocenters. The van der Waals surface area contributed by atoms with Crippen LogP contribution in [0.1, 0.15) is 65.0 Å². The van der Waals surface area contributed by atoms with Crippen molar-refractivity contribution < 1.29 is 18.9 Å². The van der Waals surface area contributed by atoms with Crippen LogP contribution in [0.15, 0.2) is 29.8 Å². The molecule has 2 rings (SSSR count). The van der Waals surface area contributed by atoms with E-state index in [1.165, 1.54) is 29.5 Å². The van der Waals surface area contributed by atoms with Crippen LogP contribution in [0.2, 0.25) is 0 Å². The minimum absolute atomic E-state index is 0. The van der Waals surface area contributed by atoms with Crippen LogP contribution in [0.25, 0.3) is 0 Å². The van der Waals surface area contributed by atoms with Gasteiger partial charge in [-0.05, 0) is 22.0 Å². The van der Waals surface area contributed by atoms with E-state index < -0.39 is 0 Å². The second kappa shape index (κ2) is 5.90. The zero-order chi connectivity index (χ0) is 13.4. The fourth-order valence-corrected chi connectivity index (χ4v) is 3.46. The Morgan fingerprint density at radius 1 is 0.947 bits per heavy atom. The summed E-state index contributed by atoms with van der Waals surface area (Å²) in [6.07, 6.45) is 7.30. The number of allylic oxidation sites excluding steroid dienone is 2. The SMILES string of the molecule is CCCC[C-]=C1C(C)(C)c2ccccc2C1(C)C.[Li+]. The minimum Gasteiger partial charge on any atom is -0.495 e. The molecular weight excluding hydrogens is 223 g/mol. The van der Waals surface area contributed by atoms with Crippen LogP contribution in [0.3, 0.4) is 0 Å². The second-order valence-electron chi connectivity index (χ2n) is 6.45. The van der Waals surface area contributed by atoms with Crippen molar-refractivity contribution in [1.29, 1.82) is 0 Å². The predicted molar refractivity (Wildman–Crippen MR) is 78.8 cm³/mol. The van der Waals surface area contributed by atoms with Crippen molar-refractivity contribution in [3.05, 3.63) is 47.0 Å². The molecule has 0 nitrogen and oxygen atoms in total. The summed E-state index contributed by atoms with van der Waals surface area (Å²) in [5, 5.41) is 0. The molecule has 0 heterocycles. The van der Waals surface area contributed by atoms with Crippen molar-refractivity contribution in [1.82, 2.24) is 0 Å². The molecule has 0 spiro atoms. The standard InChI is InChI=1S/C18H25.Li/c1-6-7-8-13-16-17(2,3)14-11-9-10-12-15(14)18(16,4)5;/h9-12H,6-8H2,1-5H3;/q-1;+1. The fourth-order valence-electron chi connectivity index (χ4n) is 3.46. The molecule has 1 aromatic rings. The number of rotatable bonds is 3. The van der Waals surface area contributed by atoms with Crippen molar-refractivity contribution in [3.8, 4) is 0 Å². The Balaban J connectivity index is 0.00000180. The Morgan fingerprint density at radius 2 is 1.42 bits per heavy atom. The Morgan fingerprint density at radius 3 is 1.84 bits per heavy atom. The van der Waals surface area contributed by atoms with Gasteiger partial charge in [-0.3, -0.25) is 0 Å². The number of unbranched alkanes of at least 4 members (excludes halogenated alkanes) is 2. The number of hydrogen-bond acceptors (Lipinski definition) is 0.